The summed E-state index contributed by atoms with van der Waals surface area (Å²) in [6.45, 7) is 4.62. The first kappa shape index (κ1) is 13.3. The first-order chi connectivity index (χ1) is 7.83. The van der Waals surface area contributed by atoms with Gasteiger partial charge in [-0.25, -0.2) is 0 Å². The smallest absolute Gasteiger partial charge is 0.120 e. The van der Waals surface area contributed by atoms with Crippen molar-refractivity contribution in [3.05, 3.63) is 40.9 Å². The number of allylic oxidation sites excluding steroid dienone is 1. The molecule has 0 saturated heterocycles. The van der Waals surface area contributed by atoms with E-state index in [9.17, 15) is 0 Å². The Bertz CT molecular complexity index is 325. The number of ether oxygens (including phenoxy) is 1. The first-order valence-electron chi connectivity index (χ1n) is 5.53. The van der Waals surface area contributed by atoms with Crippen molar-refractivity contribution in [2.75, 3.05) is 19.7 Å². The molecule has 0 aromatic heterocycles. The second kappa shape index (κ2) is 8.36. The molecule has 0 aliphatic heterocycles. The van der Waals surface area contributed by atoms with E-state index in [-0.39, 0.29) is 0 Å². The van der Waals surface area contributed by atoms with Crippen LogP contribution in [0.4, 0.5) is 0 Å². The predicted octanol–water partition coefficient (Wildman–Crippen LogP) is 3.38. The second-order valence-corrected chi connectivity index (χ2v) is 4.33. The first-order valence-corrected chi connectivity index (χ1v) is 6.32. The van der Waals surface area contributed by atoms with Gasteiger partial charge in [-0.1, -0.05) is 34.1 Å². The minimum absolute atomic E-state index is 0.701. The summed E-state index contributed by atoms with van der Waals surface area (Å²) in [5.74, 6) is 0.907. The summed E-state index contributed by atoms with van der Waals surface area (Å²) in [6.07, 6.45) is 5.30. The summed E-state index contributed by atoms with van der Waals surface area (Å²) >= 11 is 3.41. The molecular formula is C13H18BrNO. The highest BCUT2D eigenvalue weighted by molar-refractivity contribution is 9.10. The number of halogens is 1. The van der Waals surface area contributed by atoms with Gasteiger partial charge in [-0.15, -0.1) is 0 Å². The summed E-state index contributed by atoms with van der Waals surface area (Å²) in [7, 11) is 0. The third-order valence-corrected chi connectivity index (χ3v) is 2.56. The molecule has 2 nitrogen and oxygen atoms in total. The van der Waals surface area contributed by atoms with E-state index < -0.39 is 0 Å². The van der Waals surface area contributed by atoms with Crippen LogP contribution in [0.15, 0.2) is 40.9 Å². The van der Waals surface area contributed by atoms with Crippen molar-refractivity contribution in [1.29, 1.82) is 0 Å². The lowest BCUT2D eigenvalue weighted by Gasteiger charge is -2.07. The molecule has 0 atom stereocenters. The van der Waals surface area contributed by atoms with E-state index in [1.54, 1.807) is 0 Å². The van der Waals surface area contributed by atoms with Gasteiger partial charge in [0.1, 0.15) is 12.4 Å². The average molecular weight is 284 g/mol. The number of nitrogens with one attached hydrogen (secondary N) is 1. The highest BCUT2D eigenvalue weighted by Crippen LogP contribution is 2.17. The van der Waals surface area contributed by atoms with Crippen molar-refractivity contribution in [2.45, 2.75) is 13.3 Å². The van der Waals surface area contributed by atoms with E-state index in [0.29, 0.717) is 6.61 Å². The lowest BCUT2D eigenvalue weighted by molar-refractivity contribution is 0.314. The van der Waals surface area contributed by atoms with Crippen LogP contribution in [-0.4, -0.2) is 19.7 Å². The summed E-state index contributed by atoms with van der Waals surface area (Å²) < 4.78 is 6.63. The highest BCUT2D eigenvalue weighted by atomic mass is 79.9. The van der Waals surface area contributed by atoms with Gasteiger partial charge in [-0.05, 0) is 38.1 Å². The van der Waals surface area contributed by atoms with E-state index in [4.69, 9.17) is 4.74 Å². The van der Waals surface area contributed by atoms with Crippen LogP contribution in [0.5, 0.6) is 5.75 Å². The molecule has 16 heavy (non-hydrogen) atoms. The highest BCUT2D eigenvalue weighted by Gasteiger charge is 1.93. The Balaban J connectivity index is 2.07. The Hall–Kier alpha value is -0.800. The Labute approximate surface area is 106 Å². The quantitative estimate of drug-likeness (QED) is 0.612. The van der Waals surface area contributed by atoms with Crippen molar-refractivity contribution in [3.8, 4) is 5.75 Å². The Morgan fingerprint density at radius 3 is 3.00 bits per heavy atom. The van der Waals surface area contributed by atoms with Crippen LogP contribution in [0.3, 0.4) is 0 Å². The number of benzene rings is 1. The van der Waals surface area contributed by atoms with Crippen molar-refractivity contribution < 1.29 is 4.74 Å². The van der Waals surface area contributed by atoms with Gasteiger partial charge in [0.2, 0.25) is 0 Å². The standard InChI is InChI=1S/C13H18BrNO/c1-2-3-4-8-15-9-10-16-13-7-5-6-12(14)11-13/h2-3,5-7,11,15H,4,8-10H2,1H3/b3-2+. The lowest BCUT2D eigenvalue weighted by Crippen LogP contribution is -2.21. The average Bonchev–Trinajstić information content (AvgIpc) is 2.28. The fourth-order valence-corrected chi connectivity index (χ4v) is 1.65. The molecule has 1 aromatic carbocycles. The molecule has 0 fully saturated rings. The largest absolute Gasteiger partial charge is 0.492 e. The van der Waals surface area contributed by atoms with E-state index >= 15 is 0 Å². The molecule has 0 bridgehead atoms. The monoisotopic (exact) mass is 283 g/mol. The molecule has 1 rings (SSSR count). The lowest BCUT2D eigenvalue weighted by atomic mass is 10.3. The molecule has 0 saturated carbocycles. The van der Waals surface area contributed by atoms with Gasteiger partial charge < -0.3 is 10.1 Å². The second-order valence-electron chi connectivity index (χ2n) is 3.41. The number of hydrogen-bond donors (Lipinski definition) is 1. The minimum Gasteiger partial charge on any atom is -0.492 e. The maximum absolute atomic E-state index is 5.58. The maximum Gasteiger partial charge on any atom is 0.120 e. The molecule has 0 unspecified atom stereocenters. The van der Waals surface area contributed by atoms with E-state index in [0.717, 1.165) is 29.7 Å². The van der Waals surface area contributed by atoms with Crippen LogP contribution in [-0.2, 0) is 0 Å². The maximum atomic E-state index is 5.58. The number of rotatable bonds is 7. The van der Waals surface area contributed by atoms with E-state index in [1.165, 1.54) is 0 Å². The van der Waals surface area contributed by atoms with Gasteiger partial charge in [0, 0.05) is 11.0 Å². The molecule has 0 radical (unpaired) electrons. The van der Waals surface area contributed by atoms with Gasteiger partial charge in [-0.2, -0.15) is 0 Å². The van der Waals surface area contributed by atoms with Gasteiger partial charge in [0.15, 0.2) is 0 Å². The topological polar surface area (TPSA) is 21.3 Å². The molecule has 0 spiro atoms. The molecule has 0 aliphatic rings. The molecule has 3 heteroatoms. The Morgan fingerprint density at radius 2 is 2.25 bits per heavy atom. The molecular weight excluding hydrogens is 266 g/mol. The van der Waals surface area contributed by atoms with Crippen molar-refractivity contribution in [1.82, 2.24) is 5.32 Å². The van der Waals surface area contributed by atoms with Crippen LogP contribution >= 0.6 is 15.9 Å². The summed E-state index contributed by atoms with van der Waals surface area (Å²) in [4.78, 5) is 0. The van der Waals surface area contributed by atoms with Gasteiger partial charge >= 0.3 is 0 Å². The van der Waals surface area contributed by atoms with Crippen molar-refractivity contribution >= 4 is 15.9 Å². The zero-order valence-electron chi connectivity index (χ0n) is 9.58. The van der Waals surface area contributed by atoms with Crippen molar-refractivity contribution in [2.24, 2.45) is 0 Å². The summed E-state index contributed by atoms with van der Waals surface area (Å²) in [5, 5.41) is 3.32. The summed E-state index contributed by atoms with van der Waals surface area (Å²) in [5.41, 5.74) is 0. The minimum atomic E-state index is 0.701. The van der Waals surface area contributed by atoms with Crippen LogP contribution in [0.2, 0.25) is 0 Å². The normalized spacial score (nSPS) is 10.9. The molecule has 0 aliphatic carbocycles. The van der Waals surface area contributed by atoms with Gasteiger partial charge in [0.25, 0.3) is 0 Å². The molecule has 0 heterocycles. The predicted molar refractivity (Wildman–Crippen MR) is 71.9 cm³/mol. The molecule has 88 valence electrons. The fourth-order valence-electron chi connectivity index (χ4n) is 1.27. The van der Waals surface area contributed by atoms with E-state index in [2.05, 4.69) is 33.4 Å². The Morgan fingerprint density at radius 1 is 1.38 bits per heavy atom. The van der Waals surface area contributed by atoms with Crippen LogP contribution in [0.1, 0.15) is 13.3 Å². The molecule has 1 aromatic rings. The van der Waals surface area contributed by atoms with Crippen LogP contribution < -0.4 is 10.1 Å². The van der Waals surface area contributed by atoms with E-state index in [1.807, 2.05) is 31.2 Å². The van der Waals surface area contributed by atoms with Crippen LogP contribution in [0.25, 0.3) is 0 Å². The Kier molecular flexibility index (Phi) is 6.93. The fraction of sp³-hybridized carbons (Fsp3) is 0.385. The third-order valence-electron chi connectivity index (χ3n) is 2.07. The zero-order chi connectivity index (χ0) is 11.6. The third kappa shape index (κ3) is 5.93. The zero-order valence-corrected chi connectivity index (χ0v) is 11.2. The van der Waals surface area contributed by atoms with Gasteiger partial charge in [-0.3, -0.25) is 0 Å². The van der Waals surface area contributed by atoms with Crippen LogP contribution in [0, 0.1) is 0 Å². The van der Waals surface area contributed by atoms with Crippen molar-refractivity contribution in [3.63, 3.8) is 0 Å². The molecule has 0 amide bonds. The summed E-state index contributed by atoms with van der Waals surface area (Å²) in [6, 6.07) is 7.89. The molecule has 1 N–H and O–H groups in total. The van der Waals surface area contributed by atoms with Gasteiger partial charge in [0.05, 0.1) is 0 Å². The SMILES string of the molecule is C/C=C/CCNCCOc1cccc(Br)c1. The number of hydrogen-bond acceptors (Lipinski definition) is 2.